The van der Waals surface area contributed by atoms with Gasteiger partial charge in [0, 0.05) is 28.2 Å². The molecule has 0 saturated heterocycles. The summed E-state index contributed by atoms with van der Waals surface area (Å²) in [6.07, 6.45) is -3.83. The Kier molecular flexibility index (Phi) is 4.14. The Morgan fingerprint density at radius 3 is 2.77 bits per heavy atom. The highest BCUT2D eigenvalue weighted by Crippen LogP contribution is 2.36. The van der Waals surface area contributed by atoms with Gasteiger partial charge in [0.15, 0.2) is 0 Å². The number of carbonyl (C=O) groups excluding carboxylic acids is 1. The fourth-order valence-corrected chi connectivity index (χ4v) is 3.94. The first-order valence-corrected chi connectivity index (χ1v) is 9.49. The number of hydrogen-bond acceptors (Lipinski definition) is 5. The summed E-state index contributed by atoms with van der Waals surface area (Å²) < 4.78 is 45.9. The molecule has 7 nitrogen and oxygen atoms in total. The van der Waals surface area contributed by atoms with Gasteiger partial charge >= 0.3 is 12.2 Å². The highest BCUT2D eigenvalue weighted by Gasteiger charge is 2.35. The molecule has 3 aromatic heterocycles. The van der Waals surface area contributed by atoms with Crippen LogP contribution in [0.5, 0.6) is 5.88 Å². The second-order valence-corrected chi connectivity index (χ2v) is 7.36. The van der Waals surface area contributed by atoms with Crippen LogP contribution in [0.3, 0.4) is 0 Å². The number of carbonyl (C=O) groups is 1. The number of nitrogens with one attached hydrogen (secondary N) is 1. The van der Waals surface area contributed by atoms with E-state index in [9.17, 15) is 18.0 Å². The molecule has 0 unspecified atom stereocenters. The molecule has 1 aromatic carbocycles. The topological polar surface area (TPSA) is 81.9 Å². The SMILES string of the molecule is Cc1nc2ccccc2c2c1c(C)nn2C(=O)N[C@H]1COc2ncc(C(F)(F)F)cc21. The lowest BCUT2D eigenvalue weighted by Crippen LogP contribution is -2.34. The van der Waals surface area contributed by atoms with Crippen LogP contribution < -0.4 is 10.1 Å². The van der Waals surface area contributed by atoms with Crippen molar-refractivity contribution < 1.29 is 22.7 Å². The van der Waals surface area contributed by atoms with Crippen LogP contribution in [-0.4, -0.2) is 32.4 Å². The maximum absolute atomic E-state index is 13.1. The van der Waals surface area contributed by atoms with E-state index < -0.39 is 23.8 Å². The van der Waals surface area contributed by atoms with Crippen molar-refractivity contribution in [3.63, 3.8) is 0 Å². The number of para-hydroxylation sites is 1. The van der Waals surface area contributed by atoms with Gasteiger partial charge in [0.1, 0.15) is 6.61 Å². The van der Waals surface area contributed by atoms with Crippen LogP contribution in [0.15, 0.2) is 36.5 Å². The Morgan fingerprint density at radius 1 is 1.23 bits per heavy atom. The molecule has 1 amide bonds. The van der Waals surface area contributed by atoms with E-state index in [2.05, 4.69) is 20.4 Å². The predicted octanol–water partition coefficient (Wildman–Crippen LogP) is 4.31. The van der Waals surface area contributed by atoms with Gasteiger partial charge in [-0.05, 0) is 26.0 Å². The van der Waals surface area contributed by atoms with Crippen molar-refractivity contribution in [1.29, 1.82) is 0 Å². The number of fused-ring (bicyclic) bond motifs is 4. The minimum atomic E-state index is -4.54. The van der Waals surface area contributed by atoms with Gasteiger partial charge in [-0.2, -0.15) is 23.0 Å². The second-order valence-electron chi connectivity index (χ2n) is 7.36. The Hall–Kier alpha value is -3.69. The summed E-state index contributed by atoms with van der Waals surface area (Å²) in [5.74, 6) is 0.0744. The lowest BCUT2D eigenvalue weighted by atomic mass is 10.1. The number of hydrogen-bond donors (Lipinski definition) is 1. The highest BCUT2D eigenvalue weighted by molar-refractivity contribution is 6.08. The fourth-order valence-electron chi connectivity index (χ4n) is 3.94. The number of amides is 1. The van der Waals surface area contributed by atoms with Crippen LogP contribution >= 0.6 is 0 Å². The standard InChI is InChI=1S/C21H16F3N5O2/c1-10-17-11(2)28-29(18(17)13-5-3-4-6-15(13)26-10)20(30)27-16-9-31-19-14(16)7-12(8-25-19)21(22,23)24/h3-8,16H,9H2,1-2H3,(H,27,30)/t16-/m0/s1. The molecule has 1 atom stereocenters. The number of halogens is 3. The molecule has 5 rings (SSSR count). The monoisotopic (exact) mass is 427 g/mol. The molecule has 1 N–H and O–H groups in total. The quantitative estimate of drug-likeness (QED) is 0.490. The molecular weight excluding hydrogens is 411 g/mol. The average molecular weight is 427 g/mol. The first-order valence-electron chi connectivity index (χ1n) is 9.49. The van der Waals surface area contributed by atoms with Gasteiger partial charge in [0.05, 0.1) is 28.3 Å². The zero-order valence-electron chi connectivity index (χ0n) is 16.5. The molecular formula is C21H16F3N5O2. The number of nitrogens with zero attached hydrogens (tertiary/aromatic N) is 4. The van der Waals surface area contributed by atoms with Crippen LogP contribution in [0.1, 0.15) is 28.6 Å². The maximum Gasteiger partial charge on any atom is 0.417 e. The number of pyridine rings is 2. The fraction of sp³-hybridized carbons (Fsp3) is 0.238. The molecule has 1 aliphatic heterocycles. The lowest BCUT2D eigenvalue weighted by Gasteiger charge is -2.13. The third-order valence-electron chi connectivity index (χ3n) is 5.33. The van der Waals surface area contributed by atoms with Crippen LogP contribution in [-0.2, 0) is 6.18 Å². The number of alkyl halides is 3. The summed E-state index contributed by atoms with van der Waals surface area (Å²) >= 11 is 0. The van der Waals surface area contributed by atoms with Crippen LogP contribution in [0, 0.1) is 13.8 Å². The van der Waals surface area contributed by atoms with Gasteiger partial charge in [-0.15, -0.1) is 0 Å². The van der Waals surface area contributed by atoms with Crippen molar-refractivity contribution in [2.45, 2.75) is 26.1 Å². The number of ether oxygens (including phenoxy) is 1. The van der Waals surface area contributed by atoms with E-state index in [4.69, 9.17) is 4.74 Å². The Balaban J connectivity index is 1.56. The third kappa shape index (κ3) is 3.06. The van der Waals surface area contributed by atoms with E-state index in [1.54, 1.807) is 6.92 Å². The highest BCUT2D eigenvalue weighted by atomic mass is 19.4. The van der Waals surface area contributed by atoms with Crippen molar-refractivity contribution in [1.82, 2.24) is 25.1 Å². The summed E-state index contributed by atoms with van der Waals surface area (Å²) in [4.78, 5) is 21.5. The van der Waals surface area contributed by atoms with Gasteiger partial charge in [-0.1, -0.05) is 18.2 Å². The Labute approximate surface area is 173 Å². The van der Waals surface area contributed by atoms with E-state index in [0.29, 0.717) is 11.2 Å². The van der Waals surface area contributed by atoms with E-state index in [0.717, 1.165) is 34.2 Å². The number of aryl methyl sites for hydroxylation is 2. The van der Waals surface area contributed by atoms with Crippen molar-refractivity contribution in [2.24, 2.45) is 0 Å². The number of rotatable bonds is 1. The third-order valence-corrected chi connectivity index (χ3v) is 5.33. The smallest absolute Gasteiger partial charge is 0.417 e. The largest absolute Gasteiger partial charge is 0.475 e. The normalized spacial score (nSPS) is 15.8. The molecule has 10 heteroatoms. The van der Waals surface area contributed by atoms with Gasteiger partial charge in [0.2, 0.25) is 5.88 Å². The molecule has 158 valence electrons. The molecule has 4 heterocycles. The zero-order chi connectivity index (χ0) is 21.9. The minimum Gasteiger partial charge on any atom is -0.475 e. The molecule has 1 aliphatic rings. The van der Waals surface area contributed by atoms with Crippen molar-refractivity contribution in [3.8, 4) is 5.88 Å². The summed E-state index contributed by atoms with van der Waals surface area (Å²) in [5, 5.41) is 8.63. The molecule has 0 aliphatic carbocycles. The second kappa shape index (κ2) is 6.66. The summed E-state index contributed by atoms with van der Waals surface area (Å²) in [5.41, 5.74) is 1.96. The van der Waals surface area contributed by atoms with E-state index in [1.807, 2.05) is 31.2 Å². The average Bonchev–Trinajstić information content (AvgIpc) is 3.29. The van der Waals surface area contributed by atoms with Crippen LogP contribution in [0.25, 0.3) is 21.8 Å². The first kappa shape index (κ1) is 19.3. The number of benzene rings is 1. The van der Waals surface area contributed by atoms with Gasteiger partial charge in [-0.3, -0.25) is 4.98 Å². The molecule has 0 radical (unpaired) electrons. The first-order chi connectivity index (χ1) is 14.7. The van der Waals surface area contributed by atoms with E-state index in [1.165, 1.54) is 4.68 Å². The molecule has 31 heavy (non-hydrogen) atoms. The van der Waals surface area contributed by atoms with Crippen molar-refractivity contribution in [3.05, 3.63) is 59.0 Å². The Morgan fingerprint density at radius 2 is 2.00 bits per heavy atom. The van der Waals surface area contributed by atoms with Crippen LogP contribution in [0.2, 0.25) is 0 Å². The number of aromatic nitrogens is 4. The maximum atomic E-state index is 13.1. The minimum absolute atomic E-state index is 0.0190. The van der Waals surface area contributed by atoms with E-state index in [-0.39, 0.29) is 18.1 Å². The Bertz CT molecular complexity index is 1360. The van der Waals surface area contributed by atoms with Crippen LogP contribution in [0.4, 0.5) is 18.0 Å². The van der Waals surface area contributed by atoms with Crippen molar-refractivity contribution >= 4 is 27.8 Å². The summed E-state index contributed by atoms with van der Waals surface area (Å²) in [6, 6.07) is 6.98. The molecule has 0 fully saturated rings. The van der Waals surface area contributed by atoms with Gasteiger partial charge < -0.3 is 10.1 Å². The molecule has 0 bridgehead atoms. The molecule has 4 aromatic rings. The lowest BCUT2D eigenvalue weighted by molar-refractivity contribution is -0.137. The molecule has 0 spiro atoms. The van der Waals surface area contributed by atoms with Gasteiger partial charge in [0.25, 0.3) is 0 Å². The summed E-state index contributed by atoms with van der Waals surface area (Å²) in [6.45, 7) is 3.61. The molecule has 0 saturated carbocycles. The summed E-state index contributed by atoms with van der Waals surface area (Å²) in [7, 11) is 0. The van der Waals surface area contributed by atoms with E-state index >= 15 is 0 Å². The predicted molar refractivity (Wildman–Crippen MR) is 106 cm³/mol. The van der Waals surface area contributed by atoms with Crippen molar-refractivity contribution in [2.75, 3.05) is 6.61 Å². The van der Waals surface area contributed by atoms with Gasteiger partial charge in [-0.25, -0.2) is 9.78 Å². The zero-order valence-corrected chi connectivity index (χ0v) is 16.5.